The maximum absolute atomic E-state index is 11.9. The van der Waals surface area contributed by atoms with Crippen LogP contribution in [0.5, 0.6) is 0 Å². The quantitative estimate of drug-likeness (QED) is 0.702. The molecule has 0 aliphatic carbocycles. The lowest BCUT2D eigenvalue weighted by Gasteiger charge is -2.20. The van der Waals surface area contributed by atoms with Crippen molar-refractivity contribution in [1.82, 2.24) is 25.4 Å². The van der Waals surface area contributed by atoms with E-state index in [0.29, 0.717) is 31.8 Å². The number of carboxylic acid groups (broad SMARTS) is 1. The van der Waals surface area contributed by atoms with Crippen molar-refractivity contribution in [1.29, 1.82) is 0 Å². The standard InChI is InChI=1S/C11H17N5O3/c1-11(9(17)18)3-5-16(6-11)10(19)12-4-2-8-13-7-14-15-8/h7H,2-6H2,1H3,(H,12,19)(H,17,18)(H,13,14,15). The highest BCUT2D eigenvalue weighted by Gasteiger charge is 2.42. The lowest BCUT2D eigenvalue weighted by atomic mass is 9.90. The summed E-state index contributed by atoms with van der Waals surface area (Å²) >= 11 is 0. The van der Waals surface area contributed by atoms with Crippen LogP contribution < -0.4 is 5.32 Å². The number of carbonyl (C=O) groups is 2. The van der Waals surface area contributed by atoms with Gasteiger partial charge < -0.3 is 15.3 Å². The highest BCUT2D eigenvalue weighted by atomic mass is 16.4. The molecular formula is C11H17N5O3. The van der Waals surface area contributed by atoms with E-state index in [1.165, 1.54) is 11.2 Å². The third kappa shape index (κ3) is 3.01. The fraction of sp³-hybridized carbons (Fsp3) is 0.636. The molecule has 1 atom stereocenters. The second-order valence-electron chi connectivity index (χ2n) is 4.95. The van der Waals surface area contributed by atoms with E-state index < -0.39 is 11.4 Å². The van der Waals surface area contributed by atoms with E-state index in [9.17, 15) is 9.59 Å². The Morgan fingerprint density at radius 3 is 3.00 bits per heavy atom. The SMILES string of the molecule is CC1(C(=O)O)CCN(C(=O)NCCc2ncn[nH]2)C1. The summed E-state index contributed by atoms with van der Waals surface area (Å²) in [7, 11) is 0. The first-order chi connectivity index (χ1) is 9.01. The lowest BCUT2D eigenvalue weighted by Crippen LogP contribution is -2.41. The van der Waals surface area contributed by atoms with Crippen LogP contribution in [0.15, 0.2) is 6.33 Å². The minimum absolute atomic E-state index is 0.232. The number of hydrogen-bond donors (Lipinski definition) is 3. The number of nitrogens with one attached hydrogen (secondary N) is 2. The topological polar surface area (TPSA) is 111 Å². The van der Waals surface area contributed by atoms with E-state index in [1.807, 2.05) is 0 Å². The Morgan fingerprint density at radius 1 is 1.63 bits per heavy atom. The highest BCUT2D eigenvalue weighted by Crippen LogP contribution is 2.29. The molecule has 2 rings (SSSR count). The Bertz CT molecular complexity index is 461. The van der Waals surface area contributed by atoms with Crippen molar-refractivity contribution in [2.24, 2.45) is 5.41 Å². The summed E-state index contributed by atoms with van der Waals surface area (Å²) in [5.41, 5.74) is -0.831. The number of rotatable bonds is 4. The number of amides is 2. The van der Waals surface area contributed by atoms with E-state index >= 15 is 0 Å². The van der Waals surface area contributed by atoms with Crippen molar-refractivity contribution >= 4 is 12.0 Å². The molecule has 2 heterocycles. The van der Waals surface area contributed by atoms with Gasteiger partial charge in [-0.25, -0.2) is 9.78 Å². The number of H-pyrrole nitrogens is 1. The molecule has 8 heteroatoms. The summed E-state index contributed by atoms with van der Waals surface area (Å²) in [6.07, 6.45) is 2.46. The molecule has 1 aliphatic heterocycles. The minimum atomic E-state index is -0.857. The summed E-state index contributed by atoms with van der Waals surface area (Å²) < 4.78 is 0. The molecule has 104 valence electrons. The predicted octanol–water partition coefficient (Wildman–Crippen LogP) is -0.147. The summed E-state index contributed by atoms with van der Waals surface area (Å²) in [6.45, 7) is 2.82. The fourth-order valence-corrected chi connectivity index (χ4v) is 2.06. The molecule has 0 aromatic carbocycles. The normalized spacial score (nSPS) is 22.5. The van der Waals surface area contributed by atoms with Crippen LogP contribution in [0.1, 0.15) is 19.2 Å². The lowest BCUT2D eigenvalue weighted by molar-refractivity contribution is -0.146. The van der Waals surface area contributed by atoms with Gasteiger partial charge in [-0.1, -0.05) is 0 Å². The van der Waals surface area contributed by atoms with E-state index in [2.05, 4.69) is 20.5 Å². The molecule has 2 amide bonds. The van der Waals surface area contributed by atoms with E-state index in [4.69, 9.17) is 5.11 Å². The van der Waals surface area contributed by atoms with Gasteiger partial charge in [-0.05, 0) is 13.3 Å². The molecule has 1 aromatic rings. The number of aromatic nitrogens is 3. The molecular weight excluding hydrogens is 250 g/mol. The van der Waals surface area contributed by atoms with Crippen LogP contribution in [0.25, 0.3) is 0 Å². The van der Waals surface area contributed by atoms with E-state index in [0.717, 1.165) is 0 Å². The average molecular weight is 267 g/mol. The third-order valence-corrected chi connectivity index (χ3v) is 3.38. The zero-order chi connectivity index (χ0) is 13.9. The van der Waals surface area contributed by atoms with Gasteiger partial charge in [0.2, 0.25) is 0 Å². The monoisotopic (exact) mass is 267 g/mol. The molecule has 1 aliphatic rings. The smallest absolute Gasteiger partial charge is 0.317 e. The Kier molecular flexibility index (Phi) is 3.68. The largest absolute Gasteiger partial charge is 0.481 e. The van der Waals surface area contributed by atoms with Gasteiger partial charge in [-0.15, -0.1) is 0 Å². The molecule has 1 saturated heterocycles. The van der Waals surface area contributed by atoms with Crippen LogP contribution in [-0.4, -0.2) is 56.8 Å². The number of nitrogens with zero attached hydrogens (tertiary/aromatic N) is 3. The van der Waals surface area contributed by atoms with Crippen molar-refractivity contribution in [2.75, 3.05) is 19.6 Å². The zero-order valence-electron chi connectivity index (χ0n) is 10.7. The number of carboxylic acids is 1. The van der Waals surface area contributed by atoms with Gasteiger partial charge in [-0.3, -0.25) is 9.89 Å². The first kappa shape index (κ1) is 13.3. The van der Waals surface area contributed by atoms with Crippen LogP contribution >= 0.6 is 0 Å². The number of aliphatic carboxylic acids is 1. The van der Waals surface area contributed by atoms with Gasteiger partial charge in [-0.2, -0.15) is 5.10 Å². The van der Waals surface area contributed by atoms with Gasteiger partial charge in [0.25, 0.3) is 0 Å². The molecule has 8 nitrogen and oxygen atoms in total. The molecule has 0 spiro atoms. The highest BCUT2D eigenvalue weighted by molar-refractivity contribution is 5.79. The second-order valence-corrected chi connectivity index (χ2v) is 4.95. The summed E-state index contributed by atoms with van der Waals surface area (Å²) in [4.78, 5) is 28.4. The van der Waals surface area contributed by atoms with Crippen molar-refractivity contribution in [3.8, 4) is 0 Å². The Morgan fingerprint density at radius 2 is 2.42 bits per heavy atom. The first-order valence-electron chi connectivity index (χ1n) is 6.12. The maximum Gasteiger partial charge on any atom is 0.317 e. The van der Waals surface area contributed by atoms with Crippen molar-refractivity contribution in [2.45, 2.75) is 19.8 Å². The van der Waals surface area contributed by atoms with Gasteiger partial charge in [0.15, 0.2) is 0 Å². The summed E-state index contributed by atoms with van der Waals surface area (Å²) in [6, 6.07) is -0.232. The molecule has 0 radical (unpaired) electrons. The van der Waals surface area contributed by atoms with Crippen LogP contribution in [-0.2, 0) is 11.2 Å². The molecule has 1 fully saturated rings. The molecule has 1 aromatic heterocycles. The molecule has 19 heavy (non-hydrogen) atoms. The number of urea groups is 1. The molecule has 3 N–H and O–H groups in total. The number of carbonyl (C=O) groups excluding carboxylic acids is 1. The average Bonchev–Trinajstić information content (AvgIpc) is 2.99. The van der Waals surface area contributed by atoms with Crippen LogP contribution in [0.3, 0.4) is 0 Å². The molecule has 0 saturated carbocycles. The minimum Gasteiger partial charge on any atom is -0.481 e. The number of hydrogen-bond acceptors (Lipinski definition) is 4. The Balaban J connectivity index is 1.77. The van der Waals surface area contributed by atoms with Crippen molar-refractivity contribution < 1.29 is 14.7 Å². The molecule has 0 bridgehead atoms. The number of aromatic amines is 1. The number of likely N-dealkylation sites (tertiary alicyclic amines) is 1. The van der Waals surface area contributed by atoms with Crippen molar-refractivity contribution in [3.63, 3.8) is 0 Å². The fourth-order valence-electron chi connectivity index (χ4n) is 2.06. The Labute approximate surface area is 110 Å². The van der Waals surface area contributed by atoms with Crippen LogP contribution in [0.2, 0.25) is 0 Å². The van der Waals surface area contributed by atoms with Crippen LogP contribution in [0.4, 0.5) is 4.79 Å². The van der Waals surface area contributed by atoms with Gasteiger partial charge in [0.1, 0.15) is 12.2 Å². The van der Waals surface area contributed by atoms with E-state index in [1.54, 1.807) is 6.92 Å². The maximum atomic E-state index is 11.9. The summed E-state index contributed by atoms with van der Waals surface area (Å²) in [5, 5.41) is 18.3. The second kappa shape index (κ2) is 5.25. The zero-order valence-corrected chi connectivity index (χ0v) is 10.7. The summed E-state index contributed by atoms with van der Waals surface area (Å²) in [5.74, 6) is -0.151. The Hall–Kier alpha value is -2.12. The predicted molar refractivity (Wildman–Crippen MR) is 65.4 cm³/mol. The third-order valence-electron chi connectivity index (χ3n) is 3.38. The molecule has 1 unspecified atom stereocenters. The first-order valence-corrected chi connectivity index (χ1v) is 6.12. The van der Waals surface area contributed by atoms with Gasteiger partial charge in [0.05, 0.1) is 5.41 Å². The van der Waals surface area contributed by atoms with Crippen molar-refractivity contribution in [3.05, 3.63) is 12.2 Å². The van der Waals surface area contributed by atoms with Gasteiger partial charge >= 0.3 is 12.0 Å². The van der Waals surface area contributed by atoms with Gasteiger partial charge in [0, 0.05) is 26.1 Å². The van der Waals surface area contributed by atoms with E-state index in [-0.39, 0.29) is 12.6 Å². The van der Waals surface area contributed by atoms with Crippen LogP contribution in [0, 0.1) is 5.41 Å².